The predicted octanol–water partition coefficient (Wildman–Crippen LogP) is 0.441. The van der Waals surface area contributed by atoms with Crippen molar-refractivity contribution in [3.05, 3.63) is 0 Å². The Labute approximate surface area is 93.8 Å². The first-order chi connectivity index (χ1) is 7.08. The number of amides is 1. The first-order valence-corrected chi connectivity index (χ1v) is 5.03. The first kappa shape index (κ1) is 12.8. The molecule has 1 saturated heterocycles. The van der Waals surface area contributed by atoms with E-state index in [4.69, 9.17) is 9.84 Å². The van der Waals surface area contributed by atoms with Gasteiger partial charge in [-0.15, -0.1) is 0 Å². The number of carbonyl (C=O) groups is 2. The summed E-state index contributed by atoms with van der Waals surface area (Å²) in [7, 11) is 0. The van der Waals surface area contributed by atoms with Crippen LogP contribution in [0.3, 0.4) is 0 Å². The maximum absolute atomic E-state index is 11.6. The molecule has 1 rings (SSSR count). The molecule has 0 bridgehead atoms. The SMILES string of the molecule is C[C@@H]1N(C(=O)OC(C)(C)C)CC1(O)C(=O)O. The lowest BCUT2D eigenvalue weighted by molar-refractivity contribution is -0.188. The van der Waals surface area contributed by atoms with Gasteiger partial charge in [0.25, 0.3) is 0 Å². The molecule has 92 valence electrons. The van der Waals surface area contributed by atoms with Crippen LogP contribution in [-0.4, -0.2) is 51.0 Å². The summed E-state index contributed by atoms with van der Waals surface area (Å²) in [5.41, 5.74) is -2.48. The number of carboxylic acid groups (broad SMARTS) is 1. The van der Waals surface area contributed by atoms with E-state index >= 15 is 0 Å². The maximum atomic E-state index is 11.6. The van der Waals surface area contributed by atoms with E-state index in [1.807, 2.05) is 0 Å². The summed E-state index contributed by atoms with van der Waals surface area (Å²) in [6.45, 7) is 6.40. The minimum absolute atomic E-state index is 0.238. The number of nitrogens with zero attached hydrogens (tertiary/aromatic N) is 1. The van der Waals surface area contributed by atoms with Crippen LogP contribution in [-0.2, 0) is 9.53 Å². The van der Waals surface area contributed by atoms with Gasteiger partial charge in [-0.1, -0.05) is 0 Å². The van der Waals surface area contributed by atoms with Crippen LogP contribution in [0.25, 0.3) is 0 Å². The van der Waals surface area contributed by atoms with Crippen molar-refractivity contribution in [1.82, 2.24) is 4.90 Å². The summed E-state index contributed by atoms with van der Waals surface area (Å²) in [6, 6.07) is -0.778. The van der Waals surface area contributed by atoms with Gasteiger partial charge in [-0.25, -0.2) is 9.59 Å². The second-order valence-electron chi connectivity index (χ2n) is 5.01. The van der Waals surface area contributed by atoms with Gasteiger partial charge in [0.2, 0.25) is 0 Å². The summed E-state index contributed by atoms with van der Waals surface area (Å²) in [6.07, 6.45) is -0.606. The van der Waals surface area contributed by atoms with E-state index in [-0.39, 0.29) is 6.54 Å². The van der Waals surface area contributed by atoms with Crippen LogP contribution >= 0.6 is 0 Å². The molecule has 0 aromatic heterocycles. The molecule has 6 heteroatoms. The average molecular weight is 231 g/mol. The van der Waals surface area contributed by atoms with Crippen molar-refractivity contribution in [2.24, 2.45) is 0 Å². The van der Waals surface area contributed by atoms with E-state index in [0.29, 0.717) is 0 Å². The number of β-amino-alcohol motifs (C(OH)–C–C–N with tert-alkyl or cyclic N) is 1. The third-order valence-corrected chi connectivity index (χ3v) is 2.57. The van der Waals surface area contributed by atoms with Gasteiger partial charge in [0.15, 0.2) is 5.60 Å². The highest BCUT2D eigenvalue weighted by molar-refractivity contribution is 5.83. The Hall–Kier alpha value is -1.30. The smallest absolute Gasteiger partial charge is 0.410 e. The molecule has 0 aromatic rings. The Morgan fingerprint density at radius 3 is 2.25 bits per heavy atom. The number of aliphatic carboxylic acids is 1. The highest BCUT2D eigenvalue weighted by Gasteiger charge is 2.57. The lowest BCUT2D eigenvalue weighted by atomic mass is 9.85. The van der Waals surface area contributed by atoms with E-state index in [1.165, 1.54) is 11.8 Å². The van der Waals surface area contributed by atoms with E-state index in [9.17, 15) is 14.7 Å². The van der Waals surface area contributed by atoms with E-state index in [2.05, 4.69) is 0 Å². The molecule has 1 fully saturated rings. The predicted molar refractivity (Wildman–Crippen MR) is 55.0 cm³/mol. The number of aliphatic hydroxyl groups is 1. The topological polar surface area (TPSA) is 87.1 Å². The molecule has 0 radical (unpaired) electrons. The van der Waals surface area contributed by atoms with Gasteiger partial charge in [0, 0.05) is 0 Å². The molecule has 2 atom stereocenters. The fourth-order valence-corrected chi connectivity index (χ4v) is 1.46. The number of carbonyl (C=O) groups excluding carboxylic acids is 1. The van der Waals surface area contributed by atoms with E-state index in [1.54, 1.807) is 20.8 Å². The quantitative estimate of drug-likeness (QED) is 0.683. The van der Waals surface area contributed by atoms with Gasteiger partial charge in [0.1, 0.15) is 5.60 Å². The first-order valence-electron chi connectivity index (χ1n) is 5.03. The number of carboxylic acids is 1. The van der Waals surface area contributed by atoms with Crippen molar-refractivity contribution in [2.75, 3.05) is 6.54 Å². The summed E-state index contributed by atoms with van der Waals surface area (Å²) < 4.78 is 5.07. The number of ether oxygens (including phenoxy) is 1. The molecule has 16 heavy (non-hydrogen) atoms. The molecule has 6 nitrogen and oxygen atoms in total. The lowest BCUT2D eigenvalue weighted by Crippen LogP contribution is -2.73. The van der Waals surface area contributed by atoms with Gasteiger partial charge >= 0.3 is 12.1 Å². The molecular formula is C10H17NO5. The standard InChI is InChI=1S/C10H17NO5/c1-6-10(15,7(12)13)5-11(6)8(14)16-9(2,3)4/h6,15H,5H2,1-4H3,(H,12,13)/t6-,10?/m0/s1. The van der Waals surface area contributed by atoms with Crippen LogP contribution in [0.15, 0.2) is 0 Å². The Morgan fingerprint density at radius 2 is 1.94 bits per heavy atom. The number of hydrogen-bond donors (Lipinski definition) is 2. The molecule has 1 heterocycles. The molecular weight excluding hydrogens is 214 g/mol. The second kappa shape index (κ2) is 3.62. The van der Waals surface area contributed by atoms with Crippen LogP contribution < -0.4 is 0 Å². The number of likely N-dealkylation sites (tertiary alicyclic amines) is 1. The number of hydrogen-bond acceptors (Lipinski definition) is 4. The van der Waals surface area contributed by atoms with Crippen LogP contribution in [0.5, 0.6) is 0 Å². The zero-order chi connectivity index (χ0) is 12.7. The van der Waals surface area contributed by atoms with Crippen LogP contribution in [0.2, 0.25) is 0 Å². The van der Waals surface area contributed by atoms with Crippen LogP contribution in [0.4, 0.5) is 4.79 Å². The van der Waals surface area contributed by atoms with Crippen molar-refractivity contribution >= 4 is 12.1 Å². The van der Waals surface area contributed by atoms with Crippen molar-refractivity contribution in [3.8, 4) is 0 Å². The summed E-state index contributed by atoms with van der Waals surface area (Å²) in [4.78, 5) is 23.5. The molecule has 1 unspecified atom stereocenters. The Bertz CT molecular complexity index is 322. The highest BCUT2D eigenvalue weighted by atomic mass is 16.6. The van der Waals surface area contributed by atoms with Gasteiger partial charge in [-0.3, -0.25) is 4.90 Å². The molecule has 1 aliphatic heterocycles. The monoisotopic (exact) mass is 231 g/mol. The third-order valence-electron chi connectivity index (χ3n) is 2.57. The van der Waals surface area contributed by atoms with Crippen LogP contribution in [0, 0.1) is 0 Å². The van der Waals surface area contributed by atoms with E-state index in [0.717, 1.165) is 0 Å². The fraction of sp³-hybridized carbons (Fsp3) is 0.800. The molecule has 2 N–H and O–H groups in total. The zero-order valence-electron chi connectivity index (χ0n) is 9.85. The maximum Gasteiger partial charge on any atom is 0.410 e. The summed E-state index contributed by atoms with van der Waals surface area (Å²) in [5, 5.41) is 18.4. The molecule has 0 saturated carbocycles. The van der Waals surface area contributed by atoms with Gasteiger partial charge in [-0.05, 0) is 27.7 Å². The van der Waals surface area contributed by atoms with Crippen molar-refractivity contribution in [3.63, 3.8) is 0 Å². The third kappa shape index (κ3) is 2.11. The fourth-order valence-electron chi connectivity index (χ4n) is 1.46. The lowest BCUT2D eigenvalue weighted by Gasteiger charge is -2.49. The highest BCUT2D eigenvalue weighted by Crippen LogP contribution is 2.30. The Kier molecular flexibility index (Phi) is 2.89. The second-order valence-corrected chi connectivity index (χ2v) is 5.01. The molecule has 0 spiro atoms. The molecule has 0 aliphatic carbocycles. The van der Waals surface area contributed by atoms with Crippen LogP contribution in [0.1, 0.15) is 27.7 Å². The summed E-state index contributed by atoms with van der Waals surface area (Å²) in [5.74, 6) is -1.32. The zero-order valence-corrected chi connectivity index (χ0v) is 9.85. The van der Waals surface area contributed by atoms with E-state index < -0.39 is 29.3 Å². The minimum atomic E-state index is -1.85. The summed E-state index contributed by atoms with van der Waals surface area (Å²) >= 11 is 0. The molecule has 1 amide bonds. The normalized spacial score (nSPS) is 29.6. The number of rotatable bonds is 1. The van der Waals surface area contributed by atoms with Gasteiger partial charge in [0.05, 0.1) is 12.6 Å². The Balaban J connectivity index is 2.62. The largest absolute Gasteiger partial charge is 0.479 e. The van der Waals surface area contributed by atoms with Gasteiger partial charge < -0.3 is 14.9 Å². The van der Waals surface area contributed by atoms with Gasteiger partial charge in [-0.2, -0.15) is 0 Å². The average Bonchev–Trinajstić information content (AvgIpc) is 2.09. The van der Waals surface area contributed by atoms with Crippen molar-refractivity contribution in [2.45, 2.75) is 44.9 Å². The van der Waals surface area contributed by atoms with Crippen molar-refractivity contribution < 1.29 is 24.5 Å². The van der Waals surface area contributed by atoms with Crippen molar-refractivity contribution in [1.29, 1.82) is 0 Å². The molecule has 0 aromatic carbocycles. The Morgan fingerprint density at radius 1 is 1.44 bits per heavy atom. The minimum Gasteiger partial charge on any atom is -0.479 e. The molecule has 1 aliphatic rings.